The van der Waals surface area contributed by atoms with Crippen LogP contribution in [-0.2, 0) is 6.42 Å². The fraction of sp³-hybridized carbons (Fsp3) is 0.133. The Bertz CT molecular complexity index is 831. The maximum Gasteiger partial charge on any atom is 0.254 e. The largest absolute Gasteiger partial charge is 0.351 e. The highest BCUT2D eigenvalue weighted by Gasteiger charge is 2.12. The Labute approximate surface area is 124 Å². The predicted molar refractivity (Wildman–Crippen MR) is 75.4 cm³/mol. The number of pyridine rings is 1. The molecule has 3 rings (SSSR count). The van der Waals surface area contributed by atoms with E-state index in [1.165, 1.54) is 0 Å². The summed E-state index contributed by atoms with van der Waals surface area (Å²) in [6.45, 7) is 0.269. The van der Waals surface area contributed by atoms with Gasteiger partial charge in [0, 0.05) is 25.2 Å². The van der Waals surface area contributed by atoms with Crippen molar-refractivity contribution in [2.24, 2.45) is 0 Å². The van der Waals surface area contributed by atoms with E-state index >= 15 is 0 Å². The lowest BCUT2D eigenvalue weighted by molar-refractivity contribution is 0.0950. The average Bonchev–Trinajstić information content (AvgIpc) is 2.90. The predicted octanol–water partition coefficient (Wildman–Crippen LogP) is 1.98. The number of rotatable bonds is 4. The van der Waals surface area contributed by atoms with Crippen LogP contribution >= 0.6 is 0 Å². The summed E-state index contributed by atoms with van der Waals surface area (Å²) in [5.74, 6) is -1.50. The SMILES string of the molecule is O=C(NCCc1nnc2ccccn12)c1ccc(F)cc1F. The summed E-state index contributed by atoms with van der Waals surface area (Å²) in [7, 11) is 0. The minimum atomic E-state index is -0.884. The molecule has 3 aromatic rings. The van der Waals surface area contributed by atoms with Gasteiger partial charge in [0.25, 0.3) is 5.91 Å². The molecule has 0 bridgehead atoms. The van der Waals surface area contributed by atoms with Gasteiger partial charge in [0.2, 0.25) is 0 Å². The van der Waals surface area contributed by atoms with Crippen molar-refractivity contribution >= 4 is 11.6 Å². The summed E-state index contributed by atoms with van der Waals surface area (Å²) in [4.78, 5) is 11.9. The minimum absolute atomic E-state index is 0.187. The molecule has 112 valence electrons. The number of benzene rings is 1. The van der Waals surface area contributed by atoms with E-state index in [4.69, 9.17) is 0 Å². The quantitative estimate of drug-likeness (QED) is 0.801. The molecule has 0 aliphatic rings. The number of carbonyl (C=O) groups is 1. The Morgan fingerprint density at radius 1 is 1.18 bits per heavy atom. The van der Waals surface area contributed by atoms with Crippen molar-refractivity contribution in [3.8, 4) is 0 Å². The normalized spacial score (nSPS) is 10.8. The van der Waals surface area contributed by atoms with Crippen molar-refractivity contribution in [2.75, 3.05) is 6.54 Å². The molecule has 0 aliphatic carbocycles. The maximum absolute atomic E-state index is 13.5. The first-order chi connectivity index (χ1) is 10.6. The van der Waals surface area contributed by atoms with Crippen LogP contribution in [0.3, 0.4) is 0 Å². The smallest absolute Gasteiger partial charge is 0.254 e. The number of fused-ring (bicyclic) bond motifs is 1. The molecule has 5 nitrogen and oxygen atoms in total. The molecule has 2 aromatic heterocycles. The highest BCUT2D eigenvalue weighted by atomic mass is 19.1. The molecule has 0 saturated carbocycles. The number of hydrogen-bond acceptors (Lipinski definition) is 3. The average molecular weight is 302 g/mol. The topological polar surface area (TPSA) is 59.3 Å². The zero-order valence-electron chi connectivity index (χ0n) is 11.5. The molecule has 2 heterocycles. The lowest BCUT2D eigenvalue weighted by Crippen LogP contribution is -2.27. The molecule has 1 N–H and O–H groups in total. The van der Waals surface area contributed by atoms with E-state index in [1.54, 1.807) is 0 Å². The van der Waals surface area contributed by atoms with Crippen molar-refractivity contribution in [3.05, 3.63) is 65.6 Å². The van der Waals surface area contributed by atoms with E-state index in [-0.39, 0.29) is 12.1 Å². The van der Waals surface area contributed by atoms with Crippen molar-refractivity contribution in [3.63, 3.8) is 0 Å². The number of aromatic nitrogens is 3. The van der Waals surface area contributed by atoms with E-state index in [0.717, 1.165) is 12.1 Å². The summed E-state index contributed by atoms with van der Waals surface area (Å²) in [5, 5.41) is 10.6. The van der Waals surface area contributed by atoms with Gasteiger partial charge in [0.1, 0.15) is 17.5 Å². The minimum Gasteiger partial charge on any atom is -0.351 e. The van der Waals surface area contributed by atoms with E-state index in [9.17, 15) is 13.6 Å². The van der Waals surface area contributed by atoms with Crippen LogP contribution in [0.2, 0.25) is 0 Å². The third-order valence-corrected chi connectivity index (χ3v) is 3.19. The van der Waals surface area contributed by atoms with Gasteiger partial charge in [-0.15, -0.1) is 10.2 Å². The van der Waals surface area contributed by atoms with Crippen LogP contribution in [0.25, 0.3) is 5.65 Å². The Morgan fingerprint density at radius 2 is 2.05 bits per heavy atom. The number of carbonyl (C=O) groups excluding carboxylic acids is 1. The highest BCUT2D eigenvalue weighted by molar-refractivity contribution is 5.94. The molecule has 0 spiro atoms. The number of nitrogens with zero attached hydrogens (tertiary/aromatic N) is 3. The molecule has 0 saturated heterocycles. The van der Waals surface area contributed by atoms with Gasteiger partial charge in [-0.05, 0) is 24.3 Å². The third kappa shape index (κ3) is 2.78. The number of amides is 1. The molecule has 1 aromatic carbocycles. The van der Waals surface area contributed by atoms with Crippen molar-refractivity contribution in [2.45, 2.75) is 6.42 Å². The van der Waals surface area contributed by atoms with Crippen LogP contribution in [0.5, 0.6) is 0 Å². The van der Waals surface area contributed by atoms with Gasteiger partial charge in [0.05, 0.1) is 5.56 Å². The zero-order chi connectivity index (χ0) is 15.5. The van der Waals surface area contributed by atoms with E-state index in [1.807, 2.05) is 28.8 Å². The lowest BCUT2D eigenvalue weighted by Gasteiger charge is -2.05. The Balaban J connectivity index is 1.64. The van der Waals surface area contributed by atoms with Gasteiger partial charge in [-0.25, -0.2) is 8.78 Å². The van der Waals surface area contributed by atoms with Crippen LogP contribution < -0.4 is 5.32 Å². The zero-order valence-corrected chi connectivity index (χ0v) is 11.5. The summed E-state index contributed by atoms with van der Waals surface area (Å²) in [6, 6.07) is 8.37. The number of nitrogens with one attached hydrogen (secondary N) is 1. The van der Waals surface area contributed by atoms with E-state index < -0.39 is 17.5 Å². The van der Waals surface area contributed by atoms with Crippen LogP contribution in [0.1, 0.15) is 16.2 Å². The van der Waals surface area contributed by atoms with Gasteiger partial charge in [-0.1, -0.05) is 6.07 Å². The Hall–Kier alpha value is -2.83. The standard InChI is InChI=1S/C15H12F2N4O/c16-10-4-5-11(12(17)9-10)15(22)18-7-6-14-20-19-13-3-1-2-8-21(13)14/h1-5,8-9H,6-7H2,(H,18,22). The van der Waals surface area contributed by atoms with Gasteiger partial charge in [-0.3, -0.25) is 9.20 Å². The van der Waals surface area contributed by atoms with Crippen molar-refractivity contribution in [1.82, 2.24) is 19.9 Å². The highest BCUT2D eigenvalue weighted by Crippen LogP contribution is 2.09. The second kappa shape index (κ2) is 5.88. The summed E-state index contributed by atoms with van der Waals surface area (Å²) in [6.07, 6.45) is 2.27. The molecular weight excluding hydrogens is 290 g/mol. The van der Waals surface area contributed by atoms with Crippen LogP contribution in [0, 0.1) is 11.6 Å². The number of hydrogen-bond donors (Lipinski definition) is 1. The molecule has 7 heteroatoms. The lowest BCUT2D eigenvalue weighted by atomic mass is 10.2. The molecule has 0 aliphatic heterocycles. The molecule has 1 amide bonds. The Kier molecular flexibility index (Phi) is 3.78. The first kappa shape index (κ1) is 14.1. The van der Waals surface area contributed by atoms with Gasteiger partial charge in [0.15, 0.2) is 5.65 Å². The summed E-state index contributed by atoms with van der Waals surface area (Å²) in [5.41, 5.74) is 0.529. The molecule has 0 fully saturated rings. The van der Waals surface area contributed by atoms with Crippen LogP contribution in [-0.4, -0.2) is 27.0 Å². The van der Waals surface area contributed by atoms with Crippen molar-refractivity contribution < 1.29 is 13.6 Å². The first-order valence-electron chi connectivity index (χ1n) is 6.67. The molecular formula is C15H12F2N4O. The van der Waals surface area contributed by atoms with Crippen LogP contribution in [0.4, 0.5) is 8.78 Å². The second-order valence-corrected chi connectivity index (χ2v) is 4.68. The molecule has 0 radical (unpaired) electrons. The maximum atomic E-state index is 13.5. The fourth-order valence-electron chi connectivity index (χ4n) is 2.12. The first-order valence-corrected chi connectivity index (χ1v) is 6.67. The summed E-state index contributed by atoms with van der Waals surface area (Å²) < 4.78 is 28.1. The van der Waals surface area contributed by atoms with Crippen LogP contribution in [0.15, 0.2) is 42.6 Å². The van der Waals surface area contributed by atoms with E-state index in [0.29, 0.717) is 24.0 Å². The van der Waals surface area contributed by atoms with Gasteiger partial charge in [-0.2, -0.15) is 0 Å². The second-order valence-electron chi connectivity index (χ2n) is 4.68. The van der Waals surface area contributed by atoms with E-state index in [2.05, 4.69) is 15.5 Å². The summed E-state index contributed by atoms with van der Waals surface area (Å²) >= 11 is 0. The fourth-order valence-corrected chi connectivity index (χ4v) is 2.12. The molecule has 0 atom stereocenters. The monoisotopic (exact) mass is 302 g/mol. The molecule has 22 heavy (non-hydrogen) atoms. The third-order valence-electron chi connectivity index (χ3n) is 3.19. The van der Waals surface area contributed by atoms with Gasteiger partial charge >= 0.3 is 0 Å². The van der Waals surface area contributed by atoms with Crippen molar-refractivity contribution in [1.29, 1.82) is 0 Å². The molecule has 0 unspecified atom stereocenters. The Morgan fingerprint density at radius 3 is 2.86 bits per heavy atom. The van der Waals surface area contributed by atoms with Gasteiger partial charge < -0.3 is 5.32 Å². The number of halogens is 2.